The Labute approximate surface area is 148 Å². The summed E-state index contributed by atoms with van der Waals surface area (Å²) in [4.78, 5) is 0. The van der Waals surface area contributed by atoms with Gasteiger partial charge in [0.15, 0.2) is 0 Å². The second kappa shape index (κ2) is 7.20. The molecule has 3 heteroatoms. The van der Waals surface area contributed by atoms with E-state index in [4.69, 9.17) is 17.7 Å². The van der Waals surface area contributed by atoms with Gasteiger partial charge in [0.2, 0.25) is 0 Å². The van der Waals surface area contributed by atoms with Gasteiger partial charge in [-0.05, 0) is 0 Å². The van der Waals surface area contributed by atoms with E-state index in [9.17, 15) is 0 Å². The minimum atomic E-state index is -3.19. The molecule has 0 atom stereocenters. The molecule has 0 saturated heterocycles. The van der Waals surface area contributed by atoms with Crippen LogP contribution in [0.5, 0.6) is 0 Å². The summed E-state index contributed by atoms with van der Waals surface area (Å²) in [5, 5.41) is 3.32. The predicted molar refractivity (Wildman–Crippen MR) is 108 cm³/mol. The van der Waals surface area contributed by atoms with Crippen molar-refractivity contribution in [1.29, 1.82) is 0 Å². The van der Waals surface area contributed by atoms with Crippen LogP contribution in [-0.2, 0) is 0 Å². The second-order valence-electron chi connectivity index (χ2n) is 5.55. The Morgan fingerprint density at radius 2 is 0.958 bits per heavy atom. The first kappa shape index (κ1) is 18.2. The van der Waals surface area contributed by atoms with Crippen molar-refractivity contribution in [3.63, 3.8) is 0 Å². The van der Waals surface area contributed by atoms with E-state index < -0.39 is 5.96 Å². The Balaban J connectivity index is 0.00000208. The first-order valence-electron chi connectivity index (χ1n) is 7.53. The third-order valence-electron chi connectivity index (χ3n) is 4.27. The molecule has 1 nitrogen and oxygen atoms in total. The largest absolute Gasteiger partial charge is 0.412 e. The standard InChI is InChI=1S/C21H18ClP.H2O/c1-2-18-23(22,19-12-6-3-7-13-19,20-14-8-4-9-15-20)21-16-10-5-11-17-21;/h1,3-17H,18H2;1H2. The van der Waals surface area contributed by atoms with Gasteiger partial charge in [0.05, 0.1) is 0 Å². The molecule has 0 radical (unpaired) electrons. The zero-order valence-corrected chi connectivity index (χ0v) is 14.9. The number of rotatable bonds is 4. The van der Waals surface area contributed by atoms with E-state index in [2.05, 4.69) is 42.3 Å². The van der Waals surface area contributed by atoms with Gasteiger partial charge < -0.3 is 5.48 Å². The molecule has 0 bridgehead atoms. The predicted octanol–water partition coefficient (Wildman–Crippen LogP) is 3.48. The third kappa shape index (κ3) is 2.74. The molecule has 0 spiro atoms. The fourth-order valence-electron chi connectivity index (χ4n) is 3.11. The third-order valence-corrected chi connectivity index (χ3v) is 11.3. The molecular formula is C21H20ClOP. The van der Waals surface area contributed by atoms with Gasteiger partial charge in [-0.2, -0.15) is 0 Å². The van der Waals surface area contributed by atoms with Crippen LogP contribution in [0.4, 0.5) is 0 Å². The number of halogens is 1. The second-order valence-corrected chi connectivity index (χ2v) is 12.0. The summed E-state index contributed by atoms with van der Waals surface area (Å²) < 4.78 is 0. The molecular weight excluding hydrogens is 335 g/mol. The van der Waals surface area contributed by atoms with Crippen molar-refractivity contribution in [3.8, 4) is 12.3 Å². The summed E-state index contributed by atoms with van der Waals surface area (Å²) in [5.41, 5.74) is 0. The van der Waals surface area contributed by atoms with Crippen LogP contribution in [0.1, 0.15) is 0 Å². The maximum absolute atomic E-state index is 7.66. The molecule has 24 heavy (non-hydrogen) atoms. The molecule has 0 unspecified atom stereocenters. The maximum Gasteiger partial charge on any atom is -0.412 e. The van der Waals surface area contributed by atoms with Crippen molar-refractivity contribution >= 4 is 33.1 Å². The Hall–Kier alpha value is -2.10. The molecule has 3 aromatic carbocycles. The van der Waals surface area contributed by atoms with Gasteiger partial charge in [0.1, 0.15) is 0 Å². The van der Waals surface area contributed by atoms with E-state index in [-0.39, 0.29) is 5.48 Å². The van der Waals surface area contributed by atoms with E-state index in [0.29, 0.717) is 6.16 Å². The van der Waals surface area contributed by atoms with Gasteiger partial charge in [-0.1, -0.05) is 0 Å². The molecule has 0 saturated carbocycles. The van der Waals surface area contributed by atoms with E-state index in [1.54, 1.807) is 0 Å². The van der Waals surface area contributed by atoms with E-state index in [1.807, 2.05) is 54.6 Å². The van der Waals surface area contributed by atoms with Crippen molar-refractivity contribution in [1.82, 2.24) is 0 Å². The molecule has 0 fully saturated rings. The van der Waals surface area contributed by atoms with Crippen molar-refractivity contribution in [3.05, 3.63) is 91.0 Å². The van der Waals surface area contributed by atoms with Crippen LogP contribution in [0.15, 0.2) is 91.0 Å². The summed E-state index contributed by atoms with van der Waals surface area (Å²) >= 11 is 7.66. The summed E-state index contributed by atoms with van der Waals surface area (Å²) in [7, 11) is 0. The minimum absolute atomic E-state index is 0. The molecule has 0 aromatic heterocycles. The Bertz CT molecular complexity index is 727. The average Bonchev–Trinajstić information content (AvgIpc) is 2.64. The first-order valence-corrected chi connectivity index (χ1v) is 10.9. The normalized spacial score (nSPS) is 12.2. The van der Waals surface area contributed by atoms with Crippen LogP contribution in [0, 0.1) is 12.3 Å². The van der Waals surface area contributed by atoms with Gasteiger partial charge in [-0.3, -0.25) is 0 Å². The van der Waals surface area contributed by atoms with Crippen molar-refractivity contribution in [2.75, 3.05) is 6.16 Å². The van der Waals surface area contributed by atoms with Gasteiger partial charge in [-0.15, -0.1) is 0 Å². The van der Waals surface area contributed by atoms with Crippen molar-refractivity contribution in [2.24, 2.45) is 0 Å². The number of hydrogen-bond donors (Lipinski definition) is 0. The minimum Gasteiger partial charge on any atom is -0.412 e. The Kier molecular flexibility index (Phi) is 5.47. The molecule has 3 rings (SSSR count). The van der Waals surface area contributed by atoms with Crippen LogP contribution in [0.2, 0.25) is 0 Å². The SMILES string of the molecule is C#CCP(Cl)(c1ccccc1)(c1ccccc1)c1ccccc1.O. The van der Waals surface area contributed by atoms with Crippen LogP contribution >= 0.6 is 17.2 Å². The molecule has 0 aliphatic heterocycles. The Morgan fingerprint density at radius 3 is 1.21 bits per heavy atom. The summed E-state index contributed by atoms with van der Waals surface area (Å²) in [6.07, 6.45) is 6.30. The van der Waals surface area contributed by atoms with Gasteiger partial charge >= 0.3 is 143 Å². The van der Waals surface area contributed by atoms with Crippen LogP contribution in [0.3, 0.4) is 0 Å². The molecule has 0 heterocycles. The molecule has 0 aliphatic carbocycles. The quantitative estimate of drug-likeness (QED) is 0.507. The molecule has 122 valence electrons. The smallest absolute Gasteiger partial charge is 0.412 e. The molecule has 3 aromatic rings. The maximum atomic E-state index is 7.66. The fraction of sp³-hybridized carbons (Fsp3) is 0.0476. The summed E-state index contributed by atoms with van der Waals surface area (Å²) in [6.45, 7) is 0. The van der Waals surface area contributed by atoms with E-state index in [0.717, 1.165) is 15.9 Å². The number of hydrogen-bond acceptors (Lipinski definition) is 0. The zero-order chi connectivity index (χ0) is 16.2. The average molecular weight is 355 g/mol. The summed E-state index contributed by atoms with van der Waals surface area (Å²) in [5.74, 6) is -0.323. The van der Waals surface area contributed by atoms with Gasteiger partial charge in [0.25, 0.3) is 0 Å². The van der Waals surface area contributed by atoms with E-state index >= 15 is 0 Å². The number of terminal acetylenes is 1. The van der Waals surface area contributed by atoms with Crippen LogP contribution in [-0.4, -0.2) is 11.6 Å². The fourth-order valence-corrected chi connectivity index (χ4v) is 8.50. The first-order chi connectivity index (χ1) is 11.2. The summed E-state index contributed by atoms with van der Waals surface area (Å²) in [6, 6.07) is 30.8. The van der Waals surface area contributed by atoms with Crippen molar-refractivity contribution in [2.45, 2.75) is 0 Å². The number of benzene rings is 3. The molecule has 2 N–H and O–H groups in total. The van der Waals surface area contributed by atoms with Gasteiger partial charge in [0, 0.05) is 0 Å². The zero-order valence-electron chi connectivity index (χ0n) is 13.3. The van der Waals surface area contributed by atoms with Crippen LogP contribution < -0.4 is 15.9 Å². The van der Waals surface area contributed by atoms with Gasteiger partial charge in [-0.25, -0.2) is 0 Å². The van der Waals surface area contributed by atoms with Crippen LogP contribution in [0.25, 0.3) is 0 Å². The van der Waals surface area contributed by atoms with E-state index in [1.165, 1.54) is 0 Å². The molecule has 0 aliphatic rings. The Morgan fingerprint density at radius 1 is 0.667 bits per heavy atom. The monoisotopic (exact) mass is 354 g/mol. The van der Waals surface area contributed by atoms with Crippen molar-refractivity contribution < 1.29 is 5.48 Å². The topological polar surface area (TPSA) is 31.5 Å². The molecule has 0 amide bonds.